The summed E-state index contributed by atoms with van der Waals surface area (Å²) in [6.07, 6.45) is 3.95. The molecule has 11 nitrogen and oxygen atoms in total. The highest BCUT2D eigenvalue weighted by Gasteiger charge is 2.33. The molecule has 0 spiro atoms. The molecule has 1 saturated heterocycles. The first-order valence-electron chi connectivity index (χ1n) is 13.3. The molecule has 1 aromatic carbocycles. The van der Waals surface area contributed by atoms with Crippen LogP contribution in [-0.4, -0.2) is 66.2 Å². The second-order valence-electron chi connectivity index (χ2n) is 10.2. The van der Waals surface area contributed by atoms with Crippen molar-refractivity contribution >= 4 is 48.9 Å². The summed E-state index contributed by atoms with van der Waals surface area (Å²) in [5.74, 6) is 0.216. The van der Waals surface area contributed by atoms with Crippen molar-refractivity contribution in [1.29, 1.82) is 0 Å². The van der Waals surface area contributed by atoms with E-state index in [0.717, 1.165) is 31.2 Å². The van der Waals surface area contributed by atoms with Crippen LogP contribution >= 0.6 is 11.3 Å². The molecule has 0 radical (unpaired) electrons. The fourth-order valence-corrected chi connectivity index (χ4v) is 7.86. The maximum atomic E-state index is 13.6. The van der Waals surface area contributed by atoms with Crippen LogP contribution in [0.5, 0.6) is 5.88 Å². The maximum Gasteiger partial charge on any atom is 0.506 e. The van der Waals surface area contributed by atoms with Crippen LogP contribution in [-0.2, 0) is 19.6 Å². The summed E-state index contributed by atoms with van der Waals surface area (Å²) < 4.78 is 37.9. The molecule has 1 aliphatic carbocycles. The van der Waals surface area contributed by atoms with E-state index in [-0.39, 0.29) is 17.3 Å². The number of ether oxygens (including phenoxy) is 2. The van der Waals surface area contributed by atoms with Crippen LogP contribution in [0.25, 0.3) is 10.3 Å². The molecule has 1 aliphatic heterocycles. The SMILES string of the molecule is COc1ccc2nc(NC(=O)[C@H](CC3CCCC3)c3ccc(S(=O)(=O)N4CCCC(OC(=O)O)C4)cc3)sc2n1. The molecule has 5 rings (SSSR count). The minimum atomic E-state index is -3.85. The molecule has 13 heteroatoms. The number of pyridine rings is 1. The van der Waals surface area contributed by atoms with E-state index >= 15 is 0 Å². The highest BCUT2D eigenvalue weighted by Crippen LogP contribution is 2.36. The van der Waals surface area contributed by atoms with E-state index in [1.165, 1.54) is 27.8 Å². The number of hydrogen-bond donors (Lipinski definition) is 2. The van der Waals surface area contributed by atoms with Crippen molar-refractivity contribution in [3.63, 3.8) is 0 Å². The molecule has 1 saturated carbocycles. The molecular weight excluding hydrogens is 556 g/mol. The van der Waals surface area contributed by atoms with Gasteiger partial charge in [-0.05, 0) is 48.9 Å². The minimum absolute atomic E-state index is 0.0218. The van der Waals surface area contributed by atoms with E-state index in [1.54, 1.807) is 31.4 Å². The van der Waals surface area contributed by atoms with Crippen LogP contribution in [0.2, 0.25) is 0 Å². The molecule has 2 fully saturated rings. The smallest absolute Gasteiger partial charge is 0.481 e. The van der Waals surface area contributed by atoms with Crippen molar-refractivity contribution in [3.8, 4) is 5.88 Å². The Labute approximate surface area is 236 Å². The summed E-state index contributed by atoms with van der Waals surface area (Å²) in [4.78, 5) is 34.1. The monoisotopic (exact) mass is 588 g/mol. The third-order valence-corrected chi connectivity index (χ3v) is 10.3. The first-order chi connectivity index (χ1) is 19.2. The Balaban J connectivity index is 1.35. The lowest BCUT2D eigenvalue weighted by molar-refractivity contribution is -0.118. The van der Waals surface area contributed by atoms with Crippen molar-refractivity contribution in [3.05, 3.63) is 42.0 Å². The van der Waals surface area contributed by atoms with Gasteiger partial charge in [0, 0.05) is 12.6 Å². The highest BCUT2D eigenvalue weighted by molar-refractivity contribution is 7.89. The third kappa shape index (κ3) is 6.37. The molecule has 2 aliphatic rings. The Hall–Kier alpha value is -3.29. The molecule has 214 valence electrons. The number of aromatic nitrogens is 2. The molecule has 40 heavy (non-hydrogen) atoms. The molecule has 3 heterocycles. The van der Waals surface area contributed by atoms with E-state index in [1.807, 2.05) is 0 Å². The average Bonchev–Trinajstić information content (AvgIpc) is 3.60. The van der Waals surface area contributed by atoms with E-state index < -0.39 is 28.2 Å². The molecule has 2 atom stereocenters. The first kappa shape index (κ1) is 28.2. The Bertz CT molecular complexity index is 1470. The molecule has 0 bridgehead atoms. The van der Waals surface area contributed by atoms with Gasteiger partial charge in [0.1, 0.15) is 16.5 Å². The van der Waals surface area contributed by atoms with E-state index in [4.69, 9.17) is 14.6 Å². The number of hydrogen-bond acceptors (Lipinski definition) is 9. The molecule has 3 aromatic rings. The van der Waals surface area contributed by atoms with Gasteiger partial charge in [-0.2, -0.15) is 4.31 Å². The average molecular weight is 589 g/mol. The normalized spacial score (nSPS) is 19.4. The zero-order valence-electron chi connectivity index (χ0n) is 22.1. The minimum Gasteiger partial charge on any atom is -0.481 e. The first-order valence-corrected chi connectivity index (χ1v) is 15.6. The van der Waals surface area contributed by atoms with Gasteiger partial charge < -0.3 is 19.9 Å². The number of amides is 1. The number of nitrogens with one attached hydrogen (secondary N) is 1. The van der Waals surface area contributed by atoms with Gasteiger partial charge in [0.2, 0.25) is 21.8 Å². The van der Waals surface area contributed by atoms with E-state index in [2.05, 4.69) is 15.3 Å². The van der Waals surface area contributed by atoms with Crippen molar-refractivity contribution in [2.24, 2.45) is 5.92 Å². The molecule has 1 amide bonds. The number of carboxylic acid groups (broad SMARTS) is 1. The number of benzene rings is 1. The zero-order valence-corrected chi connectivity index (χ0v) is 23.7. The summed E-state index contributed by atoms with van der Waals surface area (Å²) in [5.41, 5.74) is 1.40. The summed E-state index contributed by atoms with van der Waals surface area (Å²) in [6, 6.07) is 9.96. The van der Waals surface area contributed by atoms with Crippen LogP contribution < -0.4 is 10.1 Å². The number of nitrogens with zero attached hydrogens (tertiary/aromatic N) is 3. The van der Waals surface area contributed by atoms with Gasteiger partial charge in [0.25, 0.3) is 0 Å². The number of thiazole rings is 1. The Morgan fingerprint density at radius 1 is 1.10 bits per heavy atom. The quantitative estimate of drug-likeness (QED) is 0.335. The summed E-state index contributed by atoms with van der Waals surface area (Å²) in [6.45, 7) is 0.269. The van der Waals surface area contributed by atoms with Gasteiger partial charge in [-0.3, -0.25) is 4.79 Å². The maximum absolute atomic E-state index is 13.6. The van der Waals surface area contributed by atoms with Crippen LogP contribution in [0.15, 0.2) is 41.3 Å². The number of sulfonamides is 1. The van der Waals surface area contributed by atoms with Crippen molar-refractivity contribution in [2.45, 2.75) is 61.9 Å². The molecule has 2 N–H and O–H groups in total. The Kier molecular flexibility index (Phi) is 8.52. The second kappa shape index (κ2) is 12.1. The van der Waals surface area contributed by atoms with Crippen LogP contribution in [0.1, 0.15) is 56.4 Å². The van der Waals surface area contributed by atoms with E-state index in [0.29, 0.717) is 53.1 Å². The molecular formula is C27H32N4O7S2. The standard InChI is InChI=1S/C27H32N4O7S2/c1-37-23-13-12-22-25(29-23)39-26(28-22)30-24(32)21(15-17-5-2-3-6-17)18-8-10-20(11-9-18)40(35,36)31-14-4-7-19(16-31)38-27(33)34/h8-13,17,19,21H,2-7,14-16H2,1H3,(H,33,34)(H,28,30,32)/t19?,21-/m1/s1. The molecule has 1 unspecified atom stereocenters. The van der Waals surface area contributed by atoms with Crippen LogP contribution in [0, 0.1) is 5.92 Å². The van der Waals surface area contributed by atoms with Gasteiger partial charge >= 0.3 is 6.16 Å². The zero-order chi connectivity index (χ0) is 28.3. The highest BCUT2D eigenvalue weighted by atomic mass is 32.2. The van der Waals surface area contributed by atoms with Gasteiger partial charge in [0.05, 0.1) is 24.5 Å². The van der Waals surface area contributed by atoms with Crippen molar-refractivity contribution < 1.29 is 32.6 Å². The third-order valence-electron chi connectivity index (χ3n) is 7.56. The summed E-state index contributed by atoms with van der Waals surface area (Å²) in [5, 5.41) is 12.3. The van der Waals surface area contributed by atoms with Gasteiger partial charge in [-0.15, -0.1) is 0 Å². The molecule has 2 aromatic heterocycles. The Morgan fingerprint density at radius 2 is 1.85 bits per heavy atom. The lowest BCUT2D eigenvalue weighted by Crippen LogP contribution is -2.43. The van der Waals surface area contributed by atoms with Crippen LogP contribution in [0.3, 0.4) is 0 Å². The number of carbonyl (C=O) groups is 2. The number of fused-ring (bicyclic) bond motifs is 1. The number of rotatable bonds is 9. The summed E-state index contributed by atoms with van der Waals surface area (Å²) in [7, 11) is -2.31. The predicted molar refractivity (Wildman–Crippen MR) is 149 cm³/mol. The number of methoxy groups -OCH3 is 1. The lowest BCUT2D eigenvalue weighted by atomic mass is 9.87. The Morgan fingerprint density at radius 3 is 2.55 bits per heavy atom. The van der Waals surface area contributed by atoms with Gasteiger partial charge in [0.15, 0.2) is 5.13 Å². The van der Waals surface area contributed by atoms with Gasteiger partial charge in [-0.1, -0.05) is 49.2 Å². The largest absolute Gasteiger partial charge is 0.506 e. The fraction of sp³-hybridized carbons (Fsp3) is 0.481. The van der Waals surface area contributed by atoms with E-state index in [9.17, 15) is 18.0 Å². The number of anilines is 1. The topological polar surface area (TPSA) is 148 Å². The number of carbonyl (C=O) groups excluding carboxylic acids is 1. The van der Waals surface area contributed by atoms with Gasteiger partial charge in [-0.25, -0.2) is 23.2 Å². The lowest BCUT2D eigenvalue weighted by Gasteiger charge is -2.31. The van der Waals surface area contributed by atoms with Crippen molar-refractivity contribution in [2.75, 3.05) is 25.5 Å². The fourth-order valence-electron chi connectivity index (χ4n) is 5.52. The van der Waals surface area contributed by atoms with Crippen molar-refractivity contribution in [1.82, 2.24) is 14.3 Å². The second-order valence-corrected chi connectivity index (χ2v) is 13.1. The van der Waals surface area contributed by atoms with Crippen LogP contribution in [0.4, 0.5) is 9.93 Å². The predicted octanol–water partition coefficient (Wildman–Crippen LogP) is 4.85. The number of piperidine rings is 1. The summed E-state index contributed by atoms with van der Waals surface area (Å²) >= 11 is 1.27.